The number of hydrogen-bond donors (Lipinski definition) is 3. The largest absolute Gasteiger partial charge is 0.358 e. The van der Waals surface area contributed by atoms with Crippen LogP contribution in [0.1, 0.15) is 17.3 Å². The lowest BCUT2D eigenvalue weighted by molar-refractivity contribution is 0.737. The summed E-state index contributed by atoms with van der Waals surface area (Å²) in [5.41, 5.74) is 14.9. The van der Waals surface area contributed by atoms with E-state index in [1.165, 1.54) is 5.39 Å². The van der Waals surface area contributed by atoms with Gasteiger partial charge in [-0.25, -0.2) is 0 Å². The van der Waals surface area contributed by atoms with E-state index in [9.17, 15) is 0 Å². The first-order valence-corrected chi connectivity index (χ1v) is 4.77. The maximum atomic E-state index is 5.96. The van der Waals surface area contributed by atoms with Crippen molar-refractivity contribution in [2.75, 3.05) is 6.54 Å². The molecular weight excluding hydrogens is 174 g/mol. The van der Waals surface area contributed by atoms with Gasteiger partial charge in [0.15, 0.2) is 0 Å². The molecule has 1 aromatic carbocycles. The van der Waals surface area contributed by atoms with Crippen molar-refractivity contribution >= 4 is 10.9 Å². The fourth-order valence-corrected chi connectivity index (χ4v) is 1.89. The third-order valence-corrected chi connectivity index (χ3v) is 2.57. The molecule has 0 amide bonds. The molecule has 2 aromatic rings. The summed E-state index contributed by atoms with van der Waals surface area (Å²) in [6, 6.07) is 8.07. The highest BCUT2D eigenvalue weighted by Crippen LogP contribution is 2.25. The zero-order chi connectivity index (χ0) is 10.1. The van der Waals surface area contributed by atoms with Crippen LogP contribution >= 0.6 is 0 Å². The fraction of sp³-hybridized carbons (Fsp3) is 0.273. The van der Waals surface area contributed by atoms with Crippen LogP contribution in [0.2, 0.25) is 0 Å². The van der Waals surface area contributed by atoms with E-state index in [-0.39, 0.29) is 6.04 Å². The Morgan fingerprint density at radius 3 is 2.79 bits per heavy atom. The van der Waals surface area contributed by atoms with Crippen molar-refractivity contribution in [1.82, 2.24) is 4.98 Å². The lowest BCUT2D eigenvalue weighted by Gasteiger charge is -2.08. The molecule has 0 radical (unpaired) electrons. The normalized spacial score (nSPS) is 13.4. The molecule has 0 aliphatic rings. The van der Waals surface area contributed by atoms with Gasteiger partial charge in [-0.15, -0.1) is 0 Å². The second-order valence-electron chi connectivity index (χ2n) is 3.55. The van der Waals surface area contributed by atoms with Crippen LogP contribution in [-0.4, -0.2) is 11.5 Å². The van der Waals surface area contributed by atoms with Gasteiger partial charge in [0.25, 0.3) is 0 Å². The maximum absolute atomic E-state index is 5.96. The van der Waals surface area contributed by atoms with Crippen molar-refractivity contribution in [2.45, 2.75) is 13.0 Å². The number of fused-ring (bicyclic) bond motifs is 1. The number of hydrogen-bond acceptors (Lipinski definition) is 2. The minimum absolute atomic E-state index is 0.0776. The number of benzene rings is 1. The average molecular weight is 189 g/mol. The number of para-hydroxylation sites is 1. The van der Waals surface area contributed by atoms with Crippen molar-refractivity contribution in [3.63, 3.8) is 0 Å². The van der Waals surface area contributed by atoms with Crippen LogP contribution in [0.25, 0.3) is 10.9 Å². The van der Waals surface area contributed by atoms with Gasteiger partial charge in [0.05, 0.1) is 0 Å². The molecule has 0 aliphatic carbocycles. The molecule has 1 aromatic heterocycles. The number of aromatic nitrogens is 1. The van der Waals surface area contributed by atoms with Gasteiger partial charge >= 0.3 is 0 Å². The Labute approximate surface area is 83.1 Å². The van der Waals surface area contributed by atoms with E-state index in [1.54, 1.807) is 0 Å². The van der Waals surface area contributed by atoms with Gasteiger partial charge in [-0.3, -0.25) is 0 Å². The molecule has 0 spiro atoms. The van der Waals surface area contributed by atoms with Crippen LogP contribution < -0.4 is 11.5 Å². The van der Waals surface area contributed by atoms with Gasteiger partial charge in [0.2, 0.25) is 0 Å². The Kier molecular flexibility index (Phi) is 2.27. The van der Waals surface area contributed by atoms with Crippen LogP contribution in [0, 0.1) is 6.92 Å². The predicted molar refractivity (Wildman–Crippen MR) is 59.0 cm³/mol. The van der Waals surface area contributed by atoms with Crippen LogP contribution in [0.5, 0.6) is 0 Å². The van der Waals surface area contributed by atoms with Gasteiger partial charge in [0.1, 0.15) is 0 Å². The van der Waals surface area contributed by atoms with E-state index in [4.69, 9.17) is 11.5 Å². The monoisotopic (exact) mass is 189 g/mol. The highest BCUT2D eigenvalue weighted by Gasteiger charge is 2.13. The first kappa shape index (κ1) is 9.24. The van der Waals surface area contributed by atoms with Gasteiger partial charge in [-0.2, -0.15) is 0 Å². The Balaban J connectivity index is 2.67. The summed E-state index contributed by atoms with van der Waals surface area (Å²) in [4.78, 5) is 3.31. The SMILES string of the molecule is Cc1[nH]c2ccccc2c1[C@H](N)CN. The van der Waals surface area contributed by atoms with Crippen LogP contribution in [0.4, 0.5) is 0 Å². The third kappa shape index (κ3) is 1.31. The molecule has 0 saturated carbocycles. The molecule has 0 aliphatic heterocycles. The summed E-state index contributed by atoms with van der Waals surface area (Å²) in [6.07, 6.45) is 0. The molecule has 14 heavy (non-hydrogen) atoms. The van der Waals surface area contributed by atoms with Crippen LogP contribution in [-0.2, 0) is 0 Å². The lowest BCUT2D eigenvalue weighted by Crippen LogP contribution is -2.21. The Morgan fingerprint density at radius 2 is 2.07 bits per heavy atom. The average Bonchev–Trinajstić information content (AvgIpc) is 2.53. The number of aryl methyl sites for hydroxylation is 1. The van der Waals surface area contributed by atoms with E-state index in [0.29, 0.717) is 6.54 Å². The number of nitrogens with two attached hydrogens (primary N) is 2. The summed E-state index contributed by atoms with van der Waals surface area (Å²) in [5.74, 6) is 0. The standard InChI is InChI=1S/C11H15N3/c1-7-11(9(13)6-12)8-4-2-3-5-10(8)14-7/h2-5,9,14H,6,12-13H2,1H3/t9-/m1/s1. The quantitative estimate of drug-likeness (QED) is 0.669. The molecular formula is C11H15N3. The molecule has 3 nitrogen and oxygen atoms in total. The van der Waals surface area contributed by atoms with Crippen molar-refractivity contribution in [3.8, 4) is 0 Å². The maximum Gasteiger partial charge on any atom is 0.0459 e. The van der Waals surface area contributed by atoms with Crippen molar-refractivity contribution < 1.29 is 0 Å². The topological polar surface area (TPSA) is 67.8 Å². The second kappa shape index (κ2) is 3.44. The first-order chi connectivity index (χ1) is 6.74. The van der Waals surface area contributed by atoms with Gasteiger partial charge in [-0.05, 0) is 18.6 Å². The Hall–Kier alpha value is -1.32. The molecule has 2 rings (SSSR count). The van der Waals surface area contributed by atoms with Gasteiger partial charge in [-0.1, -0.05) is 18.2 Å². The summed E-state index contributed by atoms with van der Waals surface area (Å²) in [7, 11) is 0. The van der Waals surface area contributed by atoms with E-state index in [0.717, 1.165) is 16.8 Å². The number of aromatic amines is 1. The Morgan fingerprint density at radius 1 is 1.36 bits per heavy atom. The molecule has 0 fully saturated rings. The summed E-state index contributed by atoms with van der Waals surface area (Å²) in [6.45, 7) is 2.51. The summed E-state index contributed by atoms with van der Waals surface area (Å²) in [5, 5.41) is 1.18. The number of rotatable bonds is 2. The van der Waals surface area contributed by atoms with E-state index in [2.05, 4.69) is 17.1 Å². The van der Waals surface area contributed by atoms with Crippen LogP contribution in [0.3, 0.4) is 0 Å². The second-order valence-corrected chi connectivity index (χ2v) is 3.55. The van der Waals surface area contributed by atoms with Crippen molar-refractivity contribution in [2.24, 2.45) is 11.5 Å². The van der Waals surface area contributed by atoms with E-state index >= 15 is 0 Å². The molecule has 74 valence electrons. The van der Waals surface area contributed by atoms with Crippen molar-refractivity contribution in [3.05, 3.63) is 35.5 Å². The van der Waals surface area contributed by atoms with Crippen molar-refractivity contribution in [1.29, 1.82) is 0 Å². The molecule has 1 atom stereocenters. The molecule has 5 N–H and O–H groups in total. The van der Waals surface area contributed by atoms with E-state index in [1.807, 2.05) is 19.1 Å². The number of nitrogens with one attached hydrogen (secondary N) is 1. The highest BCUT2D eigenvalue weighted by molar-refractivity contribution is 5.85. The smallest absolute Gasteiger partial charge is 0.0459 e. The minimum atomic E-state index is -0.0776. The fourth-order valence-electron chi connectivity index (χ4n) is 1.89. The molecule has 0 saturated heterocycles. The summed E-state index contributed by atoms with van der Waals surface area (Å²) < 4.78 is 0. The molecule has 3 heteroatoms. The zero-order valence-corrected chi connectivity index (χ0v) is 8.25. The Bertz CT molecular complexity index is 445. The van der Waals surface area contributed by atoms with Crippen LogP contribution in [0.15, 0.2) is 24.3 Å². The molecule has 1 heterocycles. The number of H-pyrrole nitrogens is 1. The highest BCUT2D eigenvalue weighted by atomic mass is 14.8. The summed E-state index contributed by atoms with van der Waals surface area (Å²) >= 11 is 0. The van der Waals surface area contributed by atoms with Gasteiger partial charge in [0, 0.05) is 29.2 Å². The van der Waals surface area contributed by atoms with Gasteiger partial charge < -0.3 is 16.5 Å². The first-order valence-electron chi connectivity index (χ1n) is 4.77. The predicted octanol–water partition coefficient (Wildman–Crippen LogP) is 1.43. The lowest BCUT2D eigenvalue weighted by atomic mass is 10.0. The minimum Gasteiger partial charge on any atom is -0.358 e. The van der Waals surface area contributed by atoms with E-state index < -0.39 is 0 Å². The molecule has 0 unspecified atom stereocenters. The molecule has 0 bridgehead atoms. The third-order valence-electron chi connectivity index (χ3n) is 2.57. The zero-order valence-electron chi connectivity index (χ0n) is 8.25.